The lowest BCUT2D eigenvalue weighted by Crippen LogP contribution is -2.78. The van der Waals surface area contributed by atoms with Crippen molar-refractivity contribution in [3.05, 3.63) is 40.8 Å². The highest BCUT2D eigenvalue weighted by molar-refractivity contribution is 7.14. The van der Waals surface area contributed by atoms with E-state index in [-0.39, 0.29) is 24.0 Å². The molecule has 1 amide bonds. The lowest BCUT2D eigenvalue weighted by atomic mass is 9.47. The Morgan fingerprint density at radius 1 is 1.30 bits per heavy atom. The number of nitrogens with one attached hydrogen (secondary N) is 1. The van der Waals surface area contributed by atoms with Crippen molar-refractivity contribution in [1.29, 1.82) is 0 Å². The van der Waals surface area contributed by atoms with Gasteiger partial charge in [0.2, 0.25) is 5.91 Å². The van der Waals surface area contributed by atoms with Crippen LogP contribution < -0.4 is 10.1 Å². The molecule has 1 saturated heterocycles. The highest BCUT2D eigenvalue weighted by Gasteiger charge is 2.75. The summed E-state index contributed by atoms with van der Waals surface area (Å²) in [6.45, 7) is 1.71. The van der Waals surface area contributed by atoms with E-state index in [0.717, 1.165) is 24.2 Å². The molecule has 3 fully saturated rings. The summed E-state index contributed by atoms with van der Waals surface area (Å²) in [5.74, 6) is -0.725. The number of benzene rings is 1. The summed E-state index contributed by atoms with van der Waals surface area (Å²) in [4.78, 5) is 29.4. The molecule has 2 saturated carbocycles. The Bertz CT molecular complexity index is 1180. The van der Waals surface area contributed by atoms with Crippen molar-refractivity contribution < 1.29 is 24.5 Å². The number of hydrogen-bond acceptors (Lipinski definition) is 7. The molecule has 2 bridgehead atoms. The molecule has 2 aromatic rings. The van der Waals surface area contributed by atoms with Crippen LogP contribution in [-0.4, -0.2) is 57.6 Å². The summed E-state index contributed by atoms with van der Waals surface area (Å²) < 4.78 is 6.18. The maximum absolute atomic E-state index is 13.8. The molecule has 3 aliphatic carbocycles. The number of Topliss-reactive ketones (excluding diaryl/α,β-unsaturated/α-hetero) is 1. The standard InChI is InChI=1S/C25H26N2O5S/c28-16-6-5-14-10-17-25(31)11-15(23(30)26-18-2-1-9-33-18)20(29)22-24(25,19(14)21(16)32-22)7-8-27(17)12-13-3-4-13/h1-2,5-6,9,13,15,17,22,28,31H,3-4,7-8,10-12H2,(H,26,30)/t15?,17-,22+,24+,25-/m1/s1. The van der Waals surface area contributed by atoms with Gasteiger partial charge in [-0.25, -0.2) is 0 Å². The predicted octanol–water partition coefficient (Wildman–Crippen LogP) is 2.45. The molecule has 1 unspecified atom stereocenters. The first-order chi connectivity index (χ1) is 15.9. The number of rotatable bonds is 4. The number of aliphatic hydroxyl groups is 1. The number of phenolic OH excluding ortho intramolecular Hbond substituents is 1. The van der Waals surface area contributed by atoms with Crippen LogP contribution in [0.4, 0.5) is 5.00 Å². The van der Waals surface area contributed by atoms with E-state index in [1.54, 1.807) is 12.1 Å². The van der Waals surface area contributed by atoms with Crippen molar-refractivity contribution in [2.45, 2.75) is 55.3 Å². The molecule has 5 aliphatic rings. The van der Waals surface area contributed by atoms with E-state index in [1.165, 1.54) is 24.2 Å². The average Bonchev–Trinajstić information content (AvgIpc) is 3.31. The van der Waals surface area contributed by atoms with Crippen molar-refractivity contribution in [1.82, 2.24) is 4.90 Å². The van der Waals surface area contributed by atoms with Crippen LogP contribution in [0, 0.1) is 11.8 Å². The van der Waals surface area contributed by atoms with Crippen LogP contribution in [-0.2, 0) is 21.4 Å². The maximum Gasteiger partial charge on any atom is 0.235 e. The number of aromatic hydroxyl groups is 1. The van der Waals surface area contributed by atoms with Gasteiger partial charge < -0.3 is 20.3 Å². The molecule has 8 heteroatoms. The largest absolute Gasteiger partial charge is 0.504 e. The summed E-state index contributed by atoms with van der Waals surface area (Å²) in [6, 6.07) is 6.98. The lowest BCUT2D eigenvalue weighted by Gasteiger charge is -2.63. The second-order valence-electron chi connectivity index (χ2n) is 10.4. The normalized spacial score (nSPS) is 36.3. The van der Waals surface area contributed by atoms with Gasteiger partial charge in [0.25, 0.3) is 0 Å². The molecular formula is C25H26N2O5S. The molecule has 2 aliphatic heterocycles. The summed E-state index contributed by atoms with van der Waals surface area (Å²) >= 11 is 1.39. The molecule has 3 N–H and O–H groups in total. The van der Waals surface area contributed by atoms with Crippen molar-refractivity contribution in [3.63, 3.8) is 0 Å². The summed E-state index contributed by atoms with van der Waals surface area (Å²) in [7, 11) is 0. The van der Waals surface area contributed by atoms with Crippen LogP contribution in [0.1, 0.15) is 36.8 Å². The second kappa shape index (κ2) is 6.58. The van der Waals surface area contributed by atoms with Gasteiger partial charge in [-0.1, -0.05) is 6.07 Å². The van der Waals surface area contributed by atoms with Gasteiger partial charge in [0, 0.05) is 18.2 Å². The van der Waals surface area contributed by atoms with Gasteiger partial charge in [-0.05, 0) is 73.7 Å². The van der Waals surface area contributed by atoms with Gasteiger partial charge in [-0.15, -0.1) is 11.3 Å². The molecular weight excluding hydrogens is 440 g/mol. The lowest BCUT2D eigenvalue weighted by molar-refractivity contribution is -0.197. The molecule has 1 aromatic heterocycles. The van der Waals surface area contributed by atoms with E-state index in [0.29, 0.717) is 29.5 Å². The SMILES string of the molecule is O=C(Nc1cccs1)C1C[C@@]2(O)[C@H]3Cc4ccc(O)c5c4[C@@]2(CCN3CC2CC2)[C@@H](O5)C1=O. The average molecular weight is 467 g/mol. The Hall–Kier alpha value is -2.42. The minimum absolute atomic E-state index is 0.00822. The summed E-state index contributed by atoms with van der Waals surface area (Å²) in [6.07, 6.45) is 2.74. The van der Waals surface area contributed by atoms with E-state index in [1.807, 2.05) is 17.5 Å². The molecule has 5 atom stereocenters. The van der Waals surface area contributed by atoms with Gasteiger partial charge in [0.1, 0.15) is 5.92 Å². The van der Waals surface area contributed by atoms with Gasteiger partial charge in [-0.3, -0.25) is 14.5 Å². The smallest absolute Gasteiger partial charge is 0.235 e. The Balaban J connectivity index is 1.35. The Kier molecular flexibility index (Phi) is 3.99. The monoisotopic (exact) mass is 466 g/mol. The molecule has 33 heavy (non-hydrogen) atoms. The van der Waals surface area contributed by atoms with Crippen LogP contribution in [0.15, 0.2) is 29.6 Å². The van der Waals surface area contributed by atoms with Crippen LogP contribution in [0.3, 0.4) is 0 Å². The molecule has 3 heterocycles. The first kappa shape index (κ1) is 20.0. The number of ketones is 1. The Morgan fingerprint density at radius 2 is 2.15 bits per heavy atom. The zero-order chi connectivity index (χ0) is 22.5. The summed E-state index contributed by atoms with van der Waals surface area (Å²) in [5, 5.41) is 28.5. The number of piperidine rings is 1. The first-order valence-corrected chi connectivity index (χ1v) is 12.7. The number of hydrogen-bond donors (Lipinski definition) is 3. The molecule has 7 rings (SSSR count). The quantitative estimate of drug-likeness (QED) is 0.599. The third kappa shape index (κ3) is 2.52. The molecule has 0 radical (unpaired) electrons. The van der Waals surface area contributed by atoms with Crippen LogP contribution in [0.5, 0.6) is 11.5 Å². The third-order valence-electron chi connectivity index (χ3n) is 8.71. The minimum atomic E-state index is -1.29. The topological polar surface area (TPSA) is 99.1 Å². The fraction of sp³-hybridized carbons (Fsp3) is 0.520. The van der Waals surface area contributed by atoms with Gasteiger partial charge in [0.15, 0.2) is 23.4 Å². The van der Waals surface area contributed by atoms with E-state index in [2.05, 4.69) is 10.2 Å². The molecule has 7 nitrogen and oxygen atoms in total. The van der Waals surface area contributed by atoms with Gasteiger partial charge >= 0.3 is 0 Å². The molecule has 1 aromatic carbocycles. The second-order valence-corrected chi connectivity index (χ2v) is 11.3. The maximum atomic E-state index is 13.8. The van der Waals surface area contributed by atoms with E-state index in [4.69, 9.17) is 4.74 Å². The van der Waals surface area contributed by atoms with Crippen LogP contribution in [0.2, 0.25) is 0 Å². The third-order valence-corrected chi connectivity index (χ3v) is 9.50. The highest BCUT2D eigenvalue weighted by atomic mass is 32.1. The van der Waals surface area contributed by atoms with Crippen molar-refractivity contribution >= 4 is 28.0 Å². The Morgan fingerprint density at radius 3 is 2.91 bits per heavy atom. The van der Waals surface area contributed by atoms with Gasteiger partial charge in [-0.2, -0.15) is 0 Å². The molecule has 172 valence electrons. The zero-order valence-corrected chi connectivity index (χ0v) is 18.9. The Labute approximate surface area is 195 Å². The molecule has 1 spiro atoms. The van der Waals surface area contributed by atoms with Crippen LogP contribution in [0.25, 0.3) is 0 Å². The van der Waals surface area contributed by atoms with E-state index in [9.17, 15) is 19.8 Å². The highest BCUT2D eigenvalue weighted by Crippen LogP contribution is 2.65. The van der Waals surface area contributed by atoms with E-state index < -0.39 is 28.9 Å². The zero-order valence-electron chi connectivity index (χ0n) is 18.1. The fourth-order valence-corrected chi connectivity index (χ4v) is 7.70. The van der Waals surface area contributed by atoms with Crippen molar-refractivity contribution in [2.24, 2.45) is 11.8 Å². The first-order valence-electron chi connectivity index (χ1n) is 11.8. The predicted molar refractivity (Wildman–Crippen MR) is 122 cm³/mol. The number of carbonyl (C=O) groups excluding carboxylic acids is 2. The fourth-order valence-electron chi connectivity index (χ4n) is 7.08. The number of anilines is 1. The number of phenols is 1. The van der Waals surface area contributed by atoms with Crippen molar-refractivity contribution in [3.8, 4) is 11.5 Å². The number of thiophene rings is 1. The van der Waals surface area contributed by atoms with Gasteiger partial charge in [0.05, 0.1) is 16.0 Å². The van der Waals surface area contributed by atoms with Crippen LogP contribution >= 0.6 is 11.3 Å². The number of likely N-dealkylation sites (tertiary alicyclic amines) is 1. The van der Waals surface area contributed by atoms with E-state index >= 15 is 0 Å². The number of nitrogens with zero attached hydrogens (tertiary/aromatic N) is 1. The number of carbonyl (C=O) groups is 2. The number of ether oxygens (including phenoxy) is 1. The number of amides is 1. The minimum Gasteiger partial charge on any atom is -0.504 e. The summed E-state index contributed by atoms with van der Waals surface area (Å²) in [5.41, 5.74) is -0.379. The van der Waals surface area contributed by atoms with Crippen molar-refractivity contribution in [2.75, 3.05) is 18.4 Å².